The fourth-order valence-corrected chi connectivity index (χ4v) is 2.84. The number of carbonyl (C=O) groups is 1. The number of carbonyl (C=O) groups excluding carboxylic acids is 1. The van der Waals surface area contributed by atoms with Crippen molar-refractivity contribution in [2.75, 3.05) is 6.61 Å². The predicted octanol–water partition coefficient (Wildman–Crippen LogP) is 3.65. The second kappa shape index (κ2) is 5.95. The molecule has 0 N–H and O–H groups in total. The van der Waals surface area contributed by atoms with Gasteiger partial charge in [-0.3, -0.25) is 4.79 Å². The third kappa shape index (κ3) is 3.03. The molecule has 1 aliphatic rings. The molecule has 20 heavy (non-hydrogen) atoms. The summed E-state index contributed by atoms with van der Waals surface area (Å²) in [6.07, 6.45) is 1.28. The summed E-state index contributed by atoms with van der Waals surface area (Å²) in [4.78, 5) is 12.4. The lowest BCUT2D eigenvalue weighted by Gasteiger charge is -2.24. The summed E-state index contributed by atoms with van der Waals surface area (Å²) in [6, 6.07) is 16.1. The Bertz CT molecular complexity index is 619. The minimum Gasteiger partial charge on any atom is -0.493 e. The molecule has 0 aliphatic carbocycles. The van der Waals surface area contributed by atoms with Crippen molar-refractivity contribution in [2.45, 2.75) is 12.8 Å². The lowest BCUT2D eigenvalue weighted by molar-refractivity contribution is -0.123. The smallest absolute Gasteiger partial charge is 0.144 e. The first kappa shape index (κ1) is 13.6. The minimum absolute atomic E-state index is 0.0239. The number of hydrogen-bond acceptors (Lipinski definition) is 2. The van der Waals surface area contributed by atoms with Gasteiger partial charge in [-0.1, -0.05) is 30.3 Å². The number of ketones is 1. The van der Waals surface area contributed by atoms with E-state index >= 15 is 0 Å². The van der Waals surface area contributed by atoms with Crippen LogP contribution in [0.1, 0.15) is 11.1 Å². The Labute approximate surface area is 132 Å². The first-order chi connectivity index (χ1) is 9.72. The van der Waals surface area contributed by atoms with Gasteiger partial charge in [-0.2, -0.15) is 0 Å². The second-order valence-electron chi connectivity index (χ2n) is 5.09. The molecule has 1 aliphatic heterocycles. The van der Waals surface area contributed by atoms with Gasteiger partial charge in [0.2, 0.25) is 0 Å². The predicted molar refractivity (Wildman–Crippen MR) is 87.0 cm³/mol. The molecule has 3 heteroatoms. The Hall–Kier alpha value is -1.36. The summed E-state index contributed by atoms with van der Waals surface area (Å²) in [5.74, 6) is 1.16. The van der Waals surface area contributed by atoms with Gasteiger partial charge in [-0.25, -0.2) is 0 Å². The van der Waals surface area contributed by atoms with Crippen LogP contribution < -0.4 is 4.74 Å². The largest absolute Gasteiger partial charge is 0.493 e. The Balaban J connectivity index is 1.68. The lowest BCUT2D eigenvalue weighted by atomic mass is 9.90. The quantitative estimate of drug-likeness (QED) is 0.763. The monoisotopic (exact) mass is 378 g/mol. The molecule has 1 unspecified atom stereocenters. The number of para-hydroxylation sites is 1. The number of ether oxygens (including phenoxy) is 1. The highest BCUT2D eigenvalue weighted by molar-refractivity contribution is 14.1. The van der Waals surface area contributed by atoms with Crippen LogP contribution in [0.15, 0.2) is 48.5 Å². The summed E-state index contributed by atoms with van der Waals surface area (Å²) in [6.45, 7) is 0.500. The molecule has 102 valence electrons. The Morgan fingerprint density at radius 2 is 1.90 bits per heavy atom. The maximum Gasteiger partial charge on any atom is 0.144 e. The second-order valence-corrected chi connectivity index (χ2v) is 6.33. The average molecular weight is 378 g/mol. The van der Waals surface area contributed by atoms with Crippen LogP contribution in [-0.4, -0.2) is 12.4 Å². The van der Waals surface area contributed by atoms with Gasteiger partial charge >= 0.3 is 0 Å². The molecule has 0 bridgehead atoms. The van der Waals surface area contributed by atoms with E-state index in [1.54, 1.807) is 0 Å². The topological polar surface area (TPSA) is 26.3 Å². The lowest BCUT2D eigenvalue weighted by Crippen LogP contribution is -2.29. The van der Waals surface area contributed by atoms with Crippen LogP contribution in [0.25, 0.3) is 0 Å². The third-order valence-electron chi connectivity index (χ3n) is 3.63. The Morgan fingerprint density at radius 3 is 2.70 bits per heavy atom. The van der Waals surface area contributed by atoms with Gasteiger partial charge in [0.1, 0.15) is 11.5 Å². The normalized spacial score (nSPS) is 17.1. The van der Waals surface area contributed by atoms with Crippen molar-refractivity contribution in [2.24, 2.45) is 5.92 Å². The zero-order valence-electron chi connectivity index (χ0n) is 11.0. The van der Waals surface area contributed by atoms with E-state index in [9.17, 15) is 4.79 Å². The number of Topliss-reactive ketones (excluding diaryl/α,β-unsaturated/α-hetero) is 1. The fraction of sp³-hybridized carbons (Fsp3) is 0.235. The van der Waals surface area contributed by atoms with Crippen LogP contribution in [0.5, 0.6) is 5.75 Å². The number of fused-ring (bicyclic) bond motifs is 1. The van der Waals surface area contributed by atoms with Gasteiger partial charge < -0.3 is 4.74 Å². The molecule has 0 aromatic heterocycles. The standard InChI is InChI=1S/C17H15IO2/c18-15-7-5-12(6-8-15)9-16(19)14-10-13-3-1-2-4-17(13)20-11-14/h1-8,14H,9-11H2. The van der Waals surface area contributed by atoms with Crippen LogP contribution in [0.3, 0.4) is 0 Å². The zero-order chi connectivity index (χ0) is 13.9. The number of halogens is 1. The molecule has 0 spiro atoms. The van der Waals surface area contributed by atoms with Crippen molar-refractivity contribution in [3.8, 4) is 5.75 Å². The molecule has 0 amide bonds. The minimum atomic E-state index is -0.0239. The maximum atomic E-state index is 12.4. The number of benzene rings is 2. The van der Waals surface area contributed by atoms with E-state index < -0.39 is 0 Å². The molecule has 0 saturated heterocycles. The van der Waals surface area contributed by atoms with E-state index in [1.807, 2.05) is 48.5 Å². The molecule has 0 saturated carbocycles. The molecule has 1 heterocycles. The van der Waals surface area contributed by atoms with Gasteiger partial charge in [0.25, 0.3) is 0 Å². The van der Waals surface area contributed by atoms with E-state index in [2.05, 4.69) is 22.6 Å². The molecule has 3 rings (SSSR count). The van der Waals surface area contributed by atoms with Crippen LogP contribution in [0, 0.1) is 9.49 Å². The molecule has 2 nitrogen and oxygen atoms in total. The van der Waals surface area contributed by atoms with Gasteiger partial charge in [-0.15, -0.1) is 0 Å². The van der Waals surface area contributed by atoms with Crippen LogP contribution in [-0.2, 0) is 17.6 Å². The van der Waals surface area contributed by atoms with Gasteiger partial charge in [-0.05, 0) is 58.3 Å². The summed E-state index contributed by atoms with van der Waals surface area (Å²) in [5, 5.41) is 0. The number of hydrogen-bond donors (Lipinski definition) is 0. The highest BCUT2D eigenvalue weighted by Gasteiger charge is 2.25. The van der Waals surface area contributed by atoms with E-state index in [0.29, 0.717) is 13.0 Å². The molecule has 0 fully saturated rings. The highest BCUT2D eigenvalue weighted by Crippen LogP contribution is 2.27. The van der Waals surface area contributed by atoms with Crippen molar-refractivity contribution in [3.63, 3.8) is 0 Å². The molecular weight excluding hydrogens is 363 g/mol. The Morgan fingerprint density at radius 1 is 1.15 bits per heavy atom. The van der Waals surface area contributed by atoms with Crippen LogP contribution in [0.2, 0.25) is 0 Å². The van der Waals surface area contributed by atoms with E-state index in [-0.39, 0.29) is 11.7 Å². The van der Waals surface area contributed by atoms with Crippen molar-refractivity contribution in [1.29, 1.82) is 0 Å². The van der Waals surface area contributed by atoms with Crippen molar-refractivity contribution < 1.29 is 9.53 Å². The van der Waals surface area contributed by atoms with E-state index in [1.165, 1.54) is 3.57 Å². The van der Waals surface area contributed by atoms with Crippen LogP contribution >= 0.6 is 22.6 Å². The molecule has 0 radical (unpaired) electrons. The molecule has 2 aromatic carbocycles. The zero-order valence-corrected chi connectivity index (χ0v) is 13.2. The maximum absolute atomic E-state index is 12.4. The van der Waals surface area contributed by atoms with Crippen LogP contribution in [0.4, 0.5) is 0 Å². The molecule has 2 aromatic rings. The van der Waals surface area contributed by atoms with Gasteiger partial charge in [0.05, 0.1) is 12.5 Å². The third-order valence-corrected chi connectivity index (χ3v) is 4.35. The van der Waals surface area contributed by atoms with Gasteiger partial charge in [0, 0.05) is 9.99 Å². The van der Waals surface area contributed by atoms with Crippen molar-refractivity contribution in [1.82, 2.24) is 0 Å². The van der Waals surface area contributed by atoms with E-state index in [4.69, 9.17) is 4.74 Å². The highest BCUT2D eigenvalue weighted by atomic mass is 127. The van der Waals surface area contributed by atoms with E-state index in [0.717, 1.165) is 23.3 Å². The SMILES string of the molecule is O=C(Cc1ccc(I)cc1)C1COc2ccccc2C1. The Kier molecular flexibility index (Phi) is 4.05. The van der Waals surface area contributed by atoms with Gasteiger partial charge in [0.15, 0.2) is 0 Å². The number of rotatable bonds is 3. The fourth-order valence-electron chi connectivity index (χ4n) is 2.48. The summed E-state index contributed by atoms with van der Waals surface area (Å²) in [7, 11) is 0. The average Bonchev–Trinajstić information content (AvgIpc) is 2.49. The summed E-state index contributed by atoms with van der Waals surface area (Å²) in [5.41, 5.74) is 2.22. The summed E-state index contributed by atoms with van der Waals surface area (Å²) >= 11 is 2.27. The van der Waals surface area contributed by atoms with Crippen molar-refractivity contribution >= 4 is 28.4 Å². The first-order valence-electron chi connectivity index (χ1n) is 6.70. The molecule has 1 atom stereocenters. The molecular formula is C17H15IO2. The first-order valence-corrected chi connectivity index (χ1v) is 7.78. The summed E-state index contributed by atoms with van der Waals surface area (Å²) < 4.78 is 6.88. The van der Waals surface area contributed by atoms with Crippen molar-refractivity contribution in [3.05, 3.63) is 63.2 Å².